The van der Waals surface area contributed by atoms with Gasteiger partial charge in [-0.1, -0.05) is 110 Å². The highest BCUT2D eigenvalue weighted by Crippen LogP contribution is 2.06. The van der Waals surface area contributed by atoms with E-state index in [4.69, 9.17) is 48.9 Å². The first-order valence-electron chi connectivity index (χ1n) is 13.2. The van der Waals surface area contributed by atoms with E-state index < -0.39 is 0 Å². The van der Waals surface area contributed by atoms with Crippen LogP contribution in [0.1, 0.15) is 24.0 Å². The van der Waals surface area contributed by atoms with Gasteiger partial charge in [0, 0.05) is 52.4 Å². The molecule has 230 valence electrons. The molecule has 4 N–H and O–H groups in total. The molecule has 8 nitrogen and oxygen atoms in total. The van der Waals surface area contributed by atoms with Gasteiger partial charge >= 0.3 is 0 Å². The predicted molar refractivity (Wildman–Crippen MR) is 205 cm³/mol. The molecular weight excluding hydrogens is 681 g/mol. The van der Waals surface area contributed by atoms with Crippen molar-refractivity contribution in [3.05, 3.63) is 71.8 Å². The molecule has 0 saturated carbocycles. The van der Waals surface area contributed by atoms with Crippen LogP contribution in [0.3, 0.4) is 0 Å². The van der Waals surface area contributed by atoms with Crippen LogP contribution in [0.5, 0.6) is 0 Å². The first-order chi connectivity index (χ1) is 20.1. The molecule has 0 saturated heterocycles. The molecule has 2 rings (SSSR count). The molecule has 0 atom stereocenters. The van der Waals surface area contributed by atoms with Crippen LogP contribution in [0.4, 0.5) is 0 Å². The summed E-state index contributed by atoms with van der Waals surface area (Å²) in [5.74, 6) is 0. The number of thiol groups is 4. The summed E-state index contributed by atoms with van der Waals surface area (Å²) < 4.78 is 1.66. The molecule has 2 aromatic carbocycles. The minimum Gasteiger partial charge on any atom is -0.304 e. The van der Waals surface area contributed by atoms with E-state index in [1.807, 2.05) is 46.4 Å². The van der Waals surface area contributed by atoms with E-state index >= 15 is 0 Å². The third kappa shape index (κ3) is 18.1. The van der Waals surface area contributed by atoms with E-state index in [0.29, 0.717) is 43.5 Å². The van der Waals surface area contributed by atoms with Crippen LogP contribution in [-0.2, 0) is 13.1 Å². The summed E-state index contributed by atoms with van der Waals surface area (Å²) in [6.45, 7) is 5.65. The minimum absolute atomic E-state index is 0.403. The molecular formula is C26H38N8S8. The molecule has 0 radical (unpaired) electrons. The molecule has 0 unspecified atom stereocenters. The molecule has 0 aromatic heterocycles. The molecule has 42 heavy (non-hydrogen) atoms. The number of hydrogen-bond donors (Lipinski definition) is 8. The van der Waals surface area contributed by atoms with Crippen LogP contribution < -0.4 is 21.7 Å². The van der Waals surface area contributed by atoms with Gasteiger partial charge in [-0.05, 0) is 24.0 Å². The third-order valence-corrected chi connectivity index (χ3v) is 6.56. The quantitative estimate of drug-likeness (QED) is 0.0610. The fourth-order valence-electron chi connectivity index (χ4n) is 4.09. The maximum Gasteiger partial charge on any atom is 0.145 e. The molecule has 16 heteroatoms. The van der Waals surface area contributed by atoms with Crippen molar-refractivity contribution < 1.29 is 0 Å². The maximum atomic E-state index is 5.22. The van der Waals surface area contributed by atoms with Crippen molar-refractivity contribution in [3.8, 4) is 0 Å². The average Bonchev–Trinajstić information content (AvgIpc) is 2.91. The smallest absolute Gasteiger partial charge is 0.145 e. The monoisotopic (exact) mass is 718 g/mol. The summed E-state index contributed by atoms with van der Waals surface area (Å²) in [7, 11) is 0. The standard InChI is InChI=1S/C26H38N8S8/c35-23(36)27-31(13-7-15-33(29-25(39)40)19-21-9-3-1-4-10-21)17-18-32(28-24(37)38)14-8-16-34(30-26(41)42)20-22-11-5-2-6-12-22/h1-6,9-12H,7-8,13-20H2,(H2,27,35,36)(H2,28,37,38)(H2,29,39,40)(H2,30,41,42). The molecule has 0 heterocycles. The number of nitrogens with zero attached hydrogens (tertiary/aromatic N) is 4. The van der Waals surface area contributed by atoms with Crippen LogP contribution in [-0.4, -0.2) is 76.6 Å². The lowest BCUT2D eigenvalue weighted by atomic mass is 10.2. The maximum absolute atomic E-state index is 5.22. The highest BCUT2D eigenvalue weighted by atomic mass is 32.1. The highest BCUT2D eigenvalue weighted by molar-refractivity contribution is 8.11. The molecule has 0 aliphatic carbocycles. The van der Waals surface area contributed by atoms with Gasteiger partial charge in [0.05, 0.1) is 0 Å². The number of benzene rings is 2. The second kappa shape index (κ2) is 21.9. The molecule has 0 bridgehead atoms. The predicted octanol–water partition coefficient (Wildman–Crippen LogP) is 4.25. The van der Waals surface area contributed by atoms with E-state index in [9.17, 15) is 0 Å². The number of nitrogens with one attached hydrogen (secondary N) is 4. The molecule has 0 fully saturated rings. The van der Waals surface area contributed by atoms with Gasteiger partial charge in [-0.15, -0.1) is 50.5 Å². The van der Waals surface area contributed by atoms with E-state index in [-0.39, 0.29) is 0 Å². The van der Waals surface area contributed by atoms with Crippen molar-refractivity contribution in [2.45, 2.75) is 25.9 Å². The normalized spacial score (nSPS) is 11.1. The first-order valence-corrected chi connectivity index (χ1v) is 16.6. The Kier molecular flexibility index (Phi) is 19.5. The minimum atomic E-state index is 0.403. The zero-order valence-electron chi connectivity index (χ0n) is 23.1. The zero-order valence-corrected chi connectivity index (χ0v) is 29.9. The van der Waals surface area contributed by atoms with E-state index in [0.717, 1.165) is 39.0 Å². The Labute approximate surface area is 293 Å². The topological polar surface area (TPSA) is 61.1 Å². The zero-order chi connectivity index (χ0) is 30.7. The number of hydrazine groups is 4. The lowest BCUT2D eigenvalue weighted by Crippen LogP contribution is -2.50. The summed E-state index contributed by atoms with van der Waals surface area (Å²) in [6.07, 6.45) is 1.67. The summed E-state index contributed by atoms with van der Waals surface area (Å²) in [5.41, 5.74) is 15.0. The highest BCUT2D eigenvalue weighted by Gasteiger charge is 2.14. The van der Waals surface area contributed by atoms with E-state index in [2.05, 4.69) is 107 Å². The SMILES string of the molecule is S=C(S)NN(CCCN(Cc1ccccc1)NC(=S)S)CCN(CCCN(Cc1ccccc1)NC(=S)S)NC(=S)S. The van der Waals surface area contributed by atoms with Gasteiger partial charge in [-0.3, -0.25) is 0 Å². The van der Waals surface area contributed by atoms with Gasteiger partial charge in [0.2, 0.25) is 0 Å². The van der Waals surface area contributed by atoms with Crippen molar-refractivity contribution in [1.82, 2.24) is 41.7 Å². The van der Waals surface area contributed by atoms with E-state index in [1.54, 1.807) is 0 Å². The average molecular weight is 719 g/mol. The Morgan fingerprint density at radius 3 is 1.05 bits per heavy atom. The van der Waals surface area contributed by atoms with Crippen molar-refractivity contribution in [2.24, 2.45) is 0 Å². The van der Waals surface area contributed by atoms with Gasteiger partial charge < -0.3 is 21.7 Å². The fourth-order valence-corrected chi connectivity index (χ4v) is 5.17. The Morgan fingerprint density at radius 1 is 0.452 bits per heavy atom. The number of thiocarbonyl (C=S) groups is 4. The molecule has 0 aliphatic rings. The summed E-state index contributed by atoms with van der Waals surface area (Å²) >= 11 is 37.9. The lowest BCUT2D eigenvalue weighted by molar-refractivity contribution is 0.144. The largest absolute Gasteiger partial charge is 0.304 e. The van der Waals surface area contributed by atoms with Crippen LogP contribution in [0, 0.1) is 0 Å². The fraction of sp³-hybridized carbons (Fsp3) is 0.385. The summed E-state index contributed by atoms with van der Waals surface area (Å²) in [5, 5.41) is 8.21. The Bertz CT molecular complexity index is 1020. The Morgan fingerprint density at radius 2 is 0.738 bits per heavy atom. The molecule has 0 amide bonds. The van der Waals surface area contributed by atoms with Crippen molar-refractivity contribution in [3.63, 3.8) is 0 Å². The van der Waals surface area contributed by atoms with Crippen LogP contribution >= 0.6 is 99.4 Å². The summed E-state index contributed by atoms with van der Waals surface area (Å²) in [4.78, 5) is 0. The van der Waals surface area contributed by atoms with Gasteiger partial charge in [-0.2, -0.15) is 0 Å². The van der Waals surface area contributed by atoms with Crippen molar-refractivity contribution >= 4 is 117 Å². The van der Waals surface area contributed by atoms with Crippen molar-refractivity contribution in [1.29, 1.82) is 0 Å². The third-order valence-electron chi connectivity index (χ3n) is 5.80. The van der Waals surface area contributed by atoms with Crippen LogP contribution in [0.15, 0.2) is 60.7 Å². The lowest BCUT2D eigenvalue weighted by Gasteiger charge is -2.30. The van der Waals surface area contributed by atoms with Gasteiger partial charge in [0.25, 0.3) is 0 Å². The molecule has 0 spiro atoms. The molecule has 0 aliphatic heterocycles. The second-order valence-electron chi connectivity index (χ2n) is 9.16. The Hall–Kier alpha value is -0.760. The second-order valence-corrected chi connectivity index (χ2v) is 13.8. The number of hydrogen-bond acceptors (Lipinski definition) is 8. The van der Waals surface area contributed by atoms with Crippen LogP contribution in [0.2, 0.25) is 0 Å². The number of rotatable bonds is 19. The van der Waals surface area contributed by atoms with E-state index in [1.165, 1.54) is 11.1 Å². The van der Waals surface area contributed by atoms with Crippen molar-refractivity contribution in [2.75, 3.05) is 39.3 Å². The molecule has 2 aromatic rings. The first kappa shape index (κ1) is 37.4. The van der Waals surface area contributed by atoms with Gasteiger partial charge in [-0.25, -0.2) is 20.0 Å². The van der Waals surface area contributed by atoms with Gasteiger partial charge in [0.15, 0.2) is 0 Å². The summed E-state index contributed by atoms with van der Waals surface area (Å²) in [6, 6.07) is 20.4. The van der Waals surface area contributed by atoms with Gasteiger partial charge in [0.1, 0.15) is 17.3 Å². The Balaban J connectivity index is 1.91. The van der Waals surface area contributed by atoms with Crippen LogP contribution in [0.25, 0.3) is 0 Å².